The van der Waals surface area contributed by atoms with E-state index in [1.165, 1.54) is 94.6 Å². The van der Waals surface area contributed by atoms with Crippen LogP contribution in [0.25, 0.3) is 0 Å². The third-order valence-corrected chi connectivity index (χ3v) is 4.98. The fraction of sp³-hybridized carbons (Fsp3) is 1.00. The summed E-state index contributed by atoms with van der Waals surface area (Å²) in [6.07, 6.45) is 17.6. The van der Waals surface area contributed by atoms with Crippen molar-refractivity contribution in [1.29, 1.82) is 0 Å². The van der Waals surface area contributed by atoms with E-state index in [1.54, 1.807) is 0 Å². The van der Waals surface area contributed by atoms with E-state index in [0.29, 0.717) is 0 Å². The molecule has 0 atom stereocenters. The van der Waals surface area contributed by atoms with Gasteiger partial charge in [0.1, 0.15) is 0 Å². The molecule has 0 N–H and O–H groups in total. The summed E-state index contributed by atoms with van der Waals surface area (Å²) in [4.78, 5) is 0. The van der Waals surface area contributed by atoms with E-state index < -0.39 is 0 Å². The second-order valence-corrected chi connectivity index (χ2v) is 7.44. The predicted molar refractivity (Wildman–Crippen MR) is 86.4 cm³/mol. The molecule has 0 saturated heterocycles. The van der Waals surface area contributed by atoms with Crippen LogP contribution in [-0.2, 0) is 0 Å². The number of unbranched alkanes of at least 4 members (excludes halogenated alkanes) is 5. The second-order valence-electron chi connectivity index (χ2n) is 7.44. The van der Waals surface area contributed by atoms with E-state index >= 15 is 0 Å². The zero-order valence-corrected chi connectivity index (χ0v) is 15.9. The Bertz CT molecular complexity index is 209. The molecule has 0 aromatic carbocycles. The molecule has 0 bridgehead atoms. The molecule has 1 nitrogen and oxygen atoms in total. The Labute approximate surface area is 138 Å². The number of quaternary nitrogens is 1. The van der Waals surface area contributed by atoms with Crippen molar-refractivity contribution in [2.45, 2.75) is 84.0 Å². The lowest BCUT2D eigenvalue weighted by molar-refractivity contribution is -0.891. The molecular weight excluding hydrogens is 310 g/mol. The molecule has 1 saturated carbocycles. The first-order valence-corrected chi connectivity index (χ1v) is 8.96. The number of halogens is 1. The minimum atomic E-state index is 0. The molecule has 0 spiro atoms. The lowest BCUT2D eigenvalue weighted by Crippen LogP contribution is -3.00. The lowest BCUT2D eigenvalue weighted by atomic mass is 9.87. The zero-order valence-electron chi connectivity index (χ0n) is 14.3. The van der Waals surface area contributed by atoms with Gasteiger partial charge in [-0.1, -0.05) is 64.7 Å². The van der Waals surface area contributed by atoms with Crippen molar-refractivity contribution < 1.29 is 21.5 Å². The molecule has 0 radical (unpaired) electrons. The molecular formula is C18H38BrN. The predicted octanol–water partition coefficient (Wildman–Crippen LogP) is 2.40. The van der Waals surface area contributed by atoms with Crippen molar-refractivity contribution >= 4 is 0 Å². The van der Waals surface area contributed by atoms with E-state index in [4.69, 9.17) is 0 Å². The third kappa shape index (κ3) is 10.2. The first-order chi connectivity index (χ1) is 9.14. The Kier molecular flexibility index (Phi) is 12.3. The van der Waals surface area contributed by atoms with Crippen LogP contribution in [0.15, 0.2) is 0 Å². The standard InChI is InChI=1S/C18H38N.BrH/c1-4-5-6-7-8-12-16-19(2,3)17-15-18-13-10-9-11-14-18;/h18H,4-17H2,1-3H3;1H/q+1;/p-1. The molecule has 2 heteroatoms. The Balaban J connectivity index is 0.00000361. The van der Waals surface area contributed by atoms with E-state index in [2.05, 4.69) is 21.0 Å². The van der Waals surface area contributed by atoms with Gasteiger partial charge >= 0.3 is 0 Å². The number of nitrogens with zero attached hydrogens (tertiary/aromatic N) is 1. The fourth-order valence-electron chi connectivity index (χ4n) is 3.44. The van der Waals surface area contributed by atoms with Crippen molar-refractivity contribution in [2.24, 2.45) is 5.92 Å². The highest BCUT2D eigenvalue weighted by atomic mass is 79.9. The van der Waals surface area contributed by atoms with E-state index in [-0.39, 0.29) is 17.0 Å². The van der Waals surface area contributed by atoms with Crippen LogP contribution in [0.3, 0.4) is 0 Å². The maximum atomic E-state index is 2.44. The van der Waals surface area contributed by atoms with Gasteiger partial charge in [0.15, 0.2) is 0 Å². The van der Waals surface area contributed by atoms with Crippen LogP contribution in [0.4, 0.5) is 0 Å². The van der Waals surface area contributed by atoms with Crippen LogP contribution < -0.4 is 17.0 Å². The largest absolute Gasteiger partial charge is 1.00 e. The first-order valence-electron chi connectivity index (χ1n) is 8.96. The quantitative estimate of drug-likeness (QED) is 0.420. The van der Waals surface area contributed by atoms with Crippen LogP contribution in [0.2, 0.25) is 0 Å². The van der Waals surface area contributed by atoms with Crippen LogP contribution in [0, 0.1) is 5.92 Å². The van der Waals surface area contributed by atoms with E-state index in [0.717, 1.165) is 5.92 Å². The van der Waals surface area contributed by atoms with Gasteiger partial charge in [0.05, 0.1) is 27.2 Å². The molecule has 1 aliphatic carbocycles. The molecule has 0 aliphatic heterocycles. The smallest absolute Gasteiger partial charge is 0.0785 e. The Hall–Kier alpha value is 0.440. The van der Waals surface area contributed by atoms with Crippen LogP contribution in [0.1, 0.15) is 84.0 Å². The summed E-state index contributed by atoms with van der Waals surface area (Å²) >= 11 is 0. The number of rotatable bonds is 10. The van der Waals surface area contributed by atoms with Gasteiger partial charge < -0.3 is 21.5 Å². The van der Waals surface area contributed by atoms with Gasteiger partial charge in [-0.05, 0) is 25.2 Å². The number of hydrogen-bond donors (Lipinski definition) is 0. The van der Waals surface area contributed by atoms with Crippen molar-refractivity contribution in [2.75, 3.05) is 27.2 Å². The molecule has 1 rings (SSSR count). The maximum absolute atomic E-state index is 2.44. The zero-order chi connectivity index (χ0) is 14.0. The topological polar surface area (TPSA) is 0 Å². The molecule has 20 heavy (non-hydrogen) atoms. The van der Waals surface area contributed by atoms with Gasteiger partial charge in [-0.3, -0.25) is 0 Å². The normalized spacial score (nSPS) is 16.9. The minimum Gasteiger partial charge on any atom is -1.00 e. The fourth-order valence-corrected chi connectivity index (χ4v) is 3.44. The molecule has 0 heterocycles. The molecule has 1 fully saturated rings. The molecule has 1 aliphatic rings. The summed E-state index contributed by atoms with van der Waals surface area (Å²) in [5.41, 5.74) is 0. The third-order valence-electron chi connectivity index (χ3n) is 4.98. The SMILES string of the molecule is CCCCCCCC[N+](C)(C)CCC1CCCCC1.[Br-]. The summed E-state index contributed by atoms with van der Waals surface area (Å²) in [6, 6.07) is 0. The average molecular weight is 348 g/mol. The van der Waals surface area contributed by atoms with Gasteiger partial charge in [-0.15, -0.1) is 0 Å². The summed E-state index contributed by atoms with van der Waals surface area (Å²) in [5, 5.41) is 0. The first kappa shape index (κ1) is 20.4. The summed E-state index contributed by atoms with van der Waals surface area (Å²) in [7, 11) is 4.88. The van der Waals surface area contributed by atoms with Crippen molar-refractivity contribution in [3.05, 3.63) is 0 Å². The minimum absolute atomic E-state index is 0. The van der Waals surface area contributed by atoms with E-state index in [1.807, 2.05) is 0 Å². The monoisotopic (exact) mass is 347 g/mol. The highest BCUT2D eigenvalue weighted by molar-refractivity contribution is 4.65. The molecule has 122 valence electrons. The van der Waals surface area contributed by atoms with Gasteiger partial charge in [0.2, 0.25) is 0 Å². The highest BCUT2D eigenvalue weighted by Gasteiger charge is 2.19. The van der Waals surface area contributed by atoms with Crippen molar-refractivity contribution in [3.63, 3.8) is 0 Å². The highest BCUT2D eigenvalue weighted by Crippen LogP contribution is 2.27. The van der Waals surface area contributed by atoms with Crippen LogP contribution >= 0.6 is 0 Å². The summed E-state index contributed by atoms with van der Waals surface area (Å²) in [6.45, 7) is 5.09. The van der Waals surface area contributed by atoms with Gasteiger partial charge in [-0.25, -0.2) is 0 Å². The Morgan fingerprint density at radius 1 is 0.800 bits per heavy atom. The van der Waals surface area contributed by atoms with Crippen molar-refractivity contribution in [1.82, 2.24) is 0 Å². The second kappa shape index (κ2) is 12.0. The van der Waals surface area contributed by atoms with E-state index in [9.17, 15) is 0 Å². The molecule has 0 amide bonds. The summed E-state index contributed by atoms with van der Waals surface area (Å²) in [5.74, 6) is 1.05. The number of hydrogen-bond acceptors (Lipinski definition) is 0. The van der Waals surface area contributed by atoms with Crippen LogP contribution in [0.5, 0.6) is 0 Å². The van der Waals surface area contributed by atoms with Crippen LogP contribution in [-0.4, -0.2) is 31.7 Å². The molecule has 0 aromatic rings. The van der Waals surface area contributed by atoms with Gasteiger partial charge in [0, 0.05) is 0 Å². The summed E-state index contributed by atoms with van der Waals surface area (Å²) < 4.78 is 1.25. The average Bonchev–Trinajstić information content (AvgIpc) is 2.42. The molecule has 0 aromatic heterocycles. The van der Waals surface area contributed by atoms with Gasteiger partial charge in [-0.2, -0.15) is 0 Å². The Morgan fingerprint density at radius 3 is 2.05 bits per heavy atom. The lowest BCUT2D eigenvalue weighted by Gasteiger charge is -2.32. The van der Waals surface area contributed by atoms with Crippen molar-refractivity contribution in [3.8, 4) is 0 Å². The molecule has 0 unspecified atom stereocenters. The van der Waals surface area contributed by atoms with Gasteiger partial charge in [0.25, 0.3) is 0 Å². The maximum Gasteiger partial charge on any atom is 0.0785 e. The Morgan fingerprint density at radius 2 is 1.40 bits per heavy atom.